The lowest BCUT2D eigenvalue weighted by atomic mass is 10.2. The van der Waals surface area contributed by atoms with E-state index in [9.17, 15) is 13.2 Å². The molecule has 1 N–H and O–H groups in total. The Labute approximate surface area is 122 Å². The van der Waals surface area contributed by atoms with E-state index in [-0.39, 0.29) is 22.4 Å². The summed E-state index contributed by atoms with van der Waals surface area (Å²) in [5, 5.41) is 2.84. The third kappa shape index (κ3) is 3.43. The van der Waals surface area contributed by atoms with Gasteiger partial charge in [0.2, 0.25) is 0 Å². The maximum absolute atomic E-state index is 12.2. The average molecular weight is 318 g/mol. The minimum atomic E-state index is -3.88. The molecule has 1 aliphatic carbocycles. The summed E-state index contributed by atoms with van der Waals surface area (Å²) in [5.74, 6) is 0.460. The number of benzene rings is 1. The lowest BCUT2D eigenvalue weighted by Crippen LogP contribution is -2.27. The summed E-state index contributed by atoms with van der Waals surface area (Å²) in [6.45, 7) is 4.21. The number of halogens is 1. The van der Waals surface area contributed by atoms with E-state index >= 15 is 0 Å². The fourth-order valence-electron chi connectivity index (χ4n) is 1.89. The number of ether oxygens (including phenoxy) is 1. The molecule has 7 heteroatoms. The van der Waals surface area contributed by atoms with Gasteiger partial charge in [-0.15, -0.1) is 0 Å². The predicted octanol–water partition coefficient (Wildman–Crippen LogP) is 2.15. The summed E-state index contributed by atoms with van der Waals surface area (Å²) >= 11 is 0. The number of hydrogen-bond acceptors (Lipinski definition) is 4. The summed E-state index contributed by atoms with van der Waals surface area (Å²) in [4.78, 5) is 12.1. The number of rotatable bonds is 5. The molecule has 0 aliphatic heterocycles. The summed E-state index contributed by atoms with van der Waals surface area (Å²) in [5.41, 5.74) is 0.188. The van der Waals surface area contributed by atoms with Gasteiger partial charge in [-0.25, -0.2) is 8.42 Å². The third-order valence-corrected chi connectivity index (χ3v) is 4.55. The van der Waals surface area contributed by atoms with Crippen LogP contribution < -0.4 is 10.1 Å². The SMILES string of the molecule is CCOc1ccc(S(=O)(=O)Cl)cc1C(=O)NC1CC1C. The highest BCUT2D eigenvalue weighted by Gasteiger charge is 2.34. The van der Waals surface area contributed by atoms with Crippen LogP contribution in [-0.2, 0) is 9.05 Å². The van der Waals surface area contributed by atoms with Gasteiger partial charge in [0.15, 0.2) is 0 Å². The number of carbonyl (C=O) groups is 1. The van der Waals surface area contributed by atoms with Crippen molar-refractivity contribution >= 4 is 25.6 Å². The van der Waals surface area contributed by atoms with Gasteiger partial charge in [0.25, 0.3) is 15.0 Å². The Kier molecular flexibility index (Phi) is 4.25. The Morgan fingerprint density at radius 1 is 1.50 bits per heavy atom. The van der Waals surface area contributed by atoms with Crippen LogP contribution in [0.15, 0.2) is 23.1 Å². The lowest BCUT2D eigenvalue weighted by molar-refractivity contribution is 0.0945. The molecule has 20 heavy (non-hydrogen) atoms. The highest BCUT2D eigenvalue weighted by molar-refractivity contribution is 8.13. The molecule has 2 rings (SSSR count). The third-order valence-electron chi connectivity index (χ3n) is 3.20. The predicted molar refractivity (Wildman–Crippen MR) is 75.7 cm³/mol. The van der Waals surface area contributed by atoms with E-state index in [1.807, 2.05) is 6.92 Å². The zero-order valence-corrected chi connectivity index (χ0v) is 12.8. The Hall–Kier alpha value is -1.27. The van der Waals surface area contributed by atoms with Crippen molar-refractivity contribution in [2.24, 2.45) is 5.92 Å². The van der Waals surface area contributed by atoms with Crippen LogP contribution in [0, 0.1) is 5.92 Å². The van der Waals surface area contributed by atoms with E-state index in [2.05, 4.69) is 5.32 Å². The fourth-order valence-corrected chi connectivity index (χ4v) is 2.67. The first-order valence-corrected chi connectivity index (χ1v) is 8.66. The van der Waals surface area contributed by atoms with Crippen molar-refractivity contribution in [3.63, 3.8) is 0 Å². The number of carbonyl (C=O) groups excluding carboxylic acids is 1. The van der Waals surface area contributed by atoms with Crippen LogP contribution in [0.5, 0.6) is 5.75 Å². The first kappa shape index (κ1) is 15.1. The second-order valence-electron chi connectivity index (χ2n) is 4.82. The number of amides is 1. The molecule has 0 heterocycles. The second-order valence-corrected chi connectivity index (χ2v) is 7.39. The first-order chi connectivity index (χ1) is 9.32. The van der Waals surface area contributed by atoms with Crippen LogP contribution in [0.1, 0.15) is 30.6 Å². The van der Waals surface area contributed by atoms with Crippen LogP contribution in [0.25, 0.3) is 0 Å². The lowest BCUT2D eigenvalue weighted by Gasteiger charge is -2.11. The van der Waals surface area contributed by atoms with Gasteiger partial charge in [0.1, 0.15) is 5.75 Å². The molecule has 110 valence electrons. The molecule has 1 aromatic carbocycles. The van der Waals surface area contributed by atoms with Crippen LogP contribution in [0.3, 0.4) is 0 Å². The molecular formula is C13H16ClNO4S. The van der Waals surface area contributed by atoms with E-state index in [4.69, 9.17) is 15.4 Å². The Morgan fingerprint density at radius 3 is 2.65 bits per heavy atom. The van der Waals surface area contributed by atoms with Gasteiger partial charge >= 0.3 is 0 Å². The maximum atomic E-state index is 12.2. The minimum absolute atomic E-state index is 0.114. The molecule has 1 saturated carbocycles. The topological polar surface area (TPSA) is 72.5 Å². The van der Waals surface area contributed by atoms with Crippen molar-refractivity contribution in [1.82, 2.24) is 5.32 Å². The summed E-state index contributed by atoms with van der Waals surface area (Å²) in [6, 6.07) is 4.16. The standard InChI is InChI=1S/C13H16ClNO4S/c1-3-19-12-5-4-9(20(14,17)18)7-10(12)13(16)15-11-6-8(11)2/h4-5,7-8,11H,3,6H2,1-2H3,(H,15,16). The molecule has 5 nitrogen and oxygen atoms in total. The van der Waals surface area contributed by atoms with Crippen molar-refractivity contribution in [3.05, 3.63) is 23.8 Å². The normalized spacial score (nSPS) is 21.4. The quantitative estimate of drug-likeness (QED) is 0.845. The molecule has 2 unspecified atom stereocenters. The Balaban J connectivity index is 2.33. The van der Waals surface area contributed by atoms with Gasteiger partial charge in [-0.2, -0.15) is 0 Å². The van der Waals surface area contributed by atoms with Crippen molar-refractivity contribution in [1.29, 1.82) is 0 Å². The monoisotopic (exact) mass is 317 g/mol. The zero-order valence-electron chi connectivity index (χ0n) is 11.2. The first-order valence-electron chi connectivity index (χ1n) is 6.35. The molecule has 0 spiro atoms. The molecule has 1 amide bonds. The van der Waals surface area contributed by atoms with E-state index in [0.29, 0.717) is 18.3 Å². The van der Waals surface area contributed by atoms with Gasteiger partial charge < -0.3 is 10.1 Å². The van der Waals surface area contributed by atoms with Gasteiger partial charge in [0.05, 0.1) is 17.1 Å². The van der Waals surface area contributed by atoms with Crippen LogP contribution >= 0.6 is 10.7 Å². The Bertz CT molecular complexity index is 629. The van der Waals surface area contributed by atoms with Crippen molar-refractivity contribution in [2.75, 3.05) is 6.61 Å². The summed E-state index contributed by atoms with van der Waals surface area (Å²) < 4.78 is 28.1. The molecule has 0 aromatic heterocycles. The van der Waals surface area contributed by atoms with Crippen molar-refractivity contribution < 1.29 is 17.9 Å². The van der Waals surface area contributed by atoms with Gasteiger partial charge in [0, 0.05) is 16.7 Å². The molecule has 2 atom stereocenters. The van der Waals surface area contributed by atoms with Crippen molar-refractivity contribution in [3.8, 4) is 5.75 Å². The minimum Gasteiger partial charge on any atom is -0.493 e. The molecule has 0 saturated heterocycles. The molecular weight excluding hydrogens is 302 g/mol. The van der Waals surface area contributed by atoms with Gasteiger partial charge in [-0.3, -0.25) is 4.79 Å². The molecule has 1 aromatic rings. The Morgan fingerprint density at radius 2 is 2.15 bits per heavy atom. The average Bonchev–Trinajstić information content (AvgIpc) is 3.04. The van der Waals surface area contributed by atoms with Crippen LogP contribution in [-0.4, -0.2) is 27.0 Å². The van der Waals surface area contributed by atoms with E-state index < -0.39 is 9.05 Å². The van der Waals surface area contributed by atoms with Crippen LogP contribution in [0.4, 0.5) is 0 Å². The van der Waals surface area contributed by atoms with Gasteiger partial charge in [-0.1, -0.05) is 6.92 Å². The maximum Gasteiger partial charge on any atom is 0.261 e. The molecule has 0 radical (unpaired) electrons. The molecule has 1 fully saturated rings. The number of hydrogen-bond donors (Lipinski definition) is 1. The fraction of sp³-hybridized carbons (Fsp3) is 0.462. The van der Waals surface area contributed by atoms with Crippen molar-refractivity contribution in [2.45, 2.75) is 31.2 Å². The van der Waals surface area contributed by atoms with E-state index in [0.717, 1.165) is 6.42 Å². The van der Waals surface area contributed by atoms with E-state index in [1.54, 1.807) is 6.92 Å². The highest BCUT2D eigenvalue weighted by atomic mass is 35.7. The second kappa shape index (κ2) is 5.61. The smallest absolute Gasteiger partial charge is 0.261 e. The highest BCUT2D eigenvalue weighted by Crippen LogP contribution is 2.31. The molecule has 0 bridgehead atoms. The van der Waals surface area contributed by atoms with E-state index in [1.165, 1.54) is 18.2 Å². The summed E-state index contributed by atoms with van der Waals surface area (Å²) in [7, 11) is 1.43. The summed E-state index contributed by atoms with van der Waals surface area (Å²) in [6.07, 6.45) is 0.934. The largest absolute Gasteiger partial charge is 0.493 e. The number of nitrogens with one attached hydrogen (secondary N) is 1. The van der Waals surface area contributed by atoms with Crippen LogP contribution in [0.2, 0.25) is 0 Å². The van der Waals surface area contributed by atoms with Gasteiger partial charge in [-0.05, 0) is 37.5 Å². The zero-order chi connectivity index (χ0) is 14.9. The molecule has 1 aliphatic rings.